The maximum absolute atomic E-state index is 11.3. The molecule has 0 aromatic heterocycles. The van der Waals surface area contributed by atoms with Gasteiger partial charge in [0.25, 0.3) is 0 Å². The Labute approximate surface area is 103 Å². The van der Waals surface area contributed by atoms with Gasteiger partial charge in [0.15, 0.2) is 0 Å². The number of rotatable bonds is 8. The van der Waals surface area contributed by atoms with Gasteiger partial charge in [-0.1, -0.05) is 38.0 Å². The van der Waals surface area contributed by atoms with E-state index in [0.29, 0.717) is 13.2 Å². The van der Waals surface area contributed by atoms with Crippen molar-refractivity contribution >= 4 is 5.91 Å². The summed E-state index contributed by atoms with van der Waals surface area (Å²) in [4.78, 5) is 20.5. The maximum Gasteiger partial charge on any atom is 0.244 e. The summed E-state index contributed by atoms with van der Waals surface area (Å²) in [5.74, 6) is -0.0984. The predicted molar refractivity (Wildman–Crippen MR) is 66.3 cm³/mol. The van der Waals surface area contributed by atoms with Crippen molar-refractivity contribution in [3.05, 3.63) is 24.3 Å². The summed E-state index contributed by atoms with van der Waals surface area (Å²) in [6, 6.07) is 0. The van der Waals surface area contributed by atoms with E-state index in [1.54, 1.807) is 6.08 Å². The summed E-state index contributed by atoms with van der Waals surface area (Å²) in [6.45, 7) is 3.25. The lowest BCUT2D eigenvalue weighted by atomic mass is 10.2. The van der Waals surface area contributed by atoms with Crippen molar-refractivity contribution in [3.63, 3.8) is 0 Å². The first-order chi connectivity index (χ1) is 8.33. The van der Waals surface area contributed by atoms with E-state index in [4.69, 9.17) is 4.89 Å². The van der Waals surface area contributed by atoms with Crippen LogP contribution in [0, 0.1) is 0 Å². The average molecular weight is 239 g/mol. The number of carbonyl (C=O) groups excluding carboxylic acids is 1. The molecule has 1 aliphatic rings. The van der Waals surface area contributed by atoms with Crippen LogP contribution in [-0.2, 0) is 14.6 Å². The SMILES string of the molecule is CCCCC/C=C/C=C/C(=O)NCC1COO1. The van der Waals surface area contributed by atoms with Gasteiger partial charge in [0, 0.05) is 12.6 Å². The van der Waals surface area contributed by atoms with Gasteiger partial charge in [0.1, 0.15) is 12.7 Å². The Hall–Kier alpha value is -1.13. The average Bonchev–Trinajstić information content (AvgIpc) is 2.26. The number of nitrogens with one attached hydrogen (secondary N) is 1. The van der Waals surface area contributed by atoms with Crippen molar-refractivity contribution in [1.82, 2.24) is 5.32 Å². The summed E-state index contributed by atoms with van der Waals surface area (Å²) in [5, 5.41) is 2.73. The third-order valence-corrected chi connectivity index (χ3v) is 2.43. The largest absolute Gasteiger partial charge is 0.350 e. The minimum Gasteiger partial charge on any atom is -0.350 e. The number of hydrogen-bond donors (Lipinski definition) is 1. The molecule has 1 aliphatic heterocycles. The second-order valence-corrected chi connectivity index (χ2v) is 4.03. The van der Waals surface area contributed by atoms with E-state index in [2.05, 4.69) is 23.2 Å². The lowest BCUT2D eigenvalue weighted by Crippen LogP contribution is -2.41. The first kappa shape index (κ1) is 13.9. The summed E-state index contributed by atoms with van der Waals surface area (Å²) >= 11 is 0. The monoisotopic (exact) mass is 239 g/mol. The number of allylic oxidation sites excluding steroid dienone is 3. The van der Waals surface area contributed by atoms with Gasteiger partial charge in [0.05, 0.1) is 0 Å². The topological polar surface area (TPSA) is 47.6 Å². The predicted octanol–water partition coefficient (Wildman–Crippen LogP) is 2.13. The van der Waals surface area contributed by atoms with Gasteiger partial charge in [-0.2, -0.15) is 0 Å². The van der Waals surface area contributed by atoms with Crippen LogP contribution in [0.15, 0.2) is 24.3 Å². The van der Waals surface area contributed by atoms with Crippen LogP contribution >= 0.6 is 0 Å². The minimum atomic E-state index is -0.0984. The van der Waals surface area contributed by atoms with Crippen molar-refractivity contribution in [3.8, 4) is 0 Å². The number of unbranched alkanes of at least 4 members (excludes halogenated alkanes) is 3. The normalized spacial score (nSPS) is 19.7. The molecule has 1 saturated heterocycles. The van der Waals surface area contributed by atoms with Crippen LogP contribution < -0.4 is 5.32 Å². The van der Waals surface area contributed by atoms with Crippen molar-refractivity contribution in [2.24, 2.45) is 0 Å². The highest BCUT2D eigenvalue weighted by Crippen LogP contribution is 2.03. The molecule has 1 N–H and O–H groups in total. The lowest BCUT2D eigenvalue weighted by Gasteiger charge is -2.24. The molecule has 0 aromatic carbocycles. The molecule has 4 nitrogen and oxygen atoms in total. The standard InChI is InChI=1S/C13H21NO3/c1-2-3-4-5-6-7-8-9-13(15)14-10-12-11-16-17-12/h6-9,12H,2-5,10-11H2,1H3,(H,14,15)/b7-6+,9-8+. The molecule has 1 heterocycles. The van der Waals surface area contributed by atoms with E-state index >= 15 is 0 Å². The summed E-state index contributed by atoms with van der Waals surface area (Å²) in [6.07, 6.45) is 12.1. The molecule has 0 aromatic rings. The molecule has 96 valence electrons. The lowest BCUT2D eigenvalue weighted by molar-refractivity contribution is -0.421. The molecular weight excluding hydrogens is 218 g/mol. The molecular formula is C13H21NO3. The smallest absolute Gasteiger partial charge is 0.244 e. The number of hydrogen-bond acceptors (Lipinski definition) is 3. The zero-order valence-electron chi connectivity index (χ0n) is 10.4. The Kier molecular flexibility index (Phi) is 7.34. The van der Waals surface area contributed by atoms with Crippen molar-refractivity contribution < 1.29 is 14.6 Å². The Bertz CT molecular complexity index is 270. The first-order valence-electron chi connectivity index (χ1n) is 6.22. The van der Waals surface area contributed by atoms with Crippen LogP contribution in [0.1, 0.15) is 32.6 Å². The number of carbonyl (C=O) groups is 1. The molecule has 0 radical (unpaired) electrons. The molecule has 0 saturated carbocycles. The maximum atomic E-state index is 11.3. The molecule has 0 aliphatic carbocycles. The van der Waals surface area contributed by atoms with E-state index in [0.717, 1.165) is 6.42 Å². The van der Waals surface area contributed by atoms with Crippen LogP contribution in [0.2, 0.25) is 0 Å². The Morgan fingerprint density at radius 2 is 2.24 bits per heavy atom. The Morgan fingerprint density at radius 1 is 1.41 bits per heavy atom. The van der Waals surface area contributed by atoms with Gasteiger partial charge in [-0.15, -0.1) is 0 Å². The zero-order valence-corrected chi connectivity index (χ0v) is 10.4. The highest BCUT2D eigenvalue weighted by atomic mass is 17.2. The van der Waals surface area contributed by atoms with Crippen LogP contribution in [0.5, 0.6) is 0 Å². The Morgan fingerprint density at radius 3 is 2.88 bits per heavy atom. The van der Waals surface area contributed by atoms with Gasteiger partial charge in [-0.3, -0.25) is 4.79 Å². The zero-order chi connectivity index (χ0) is 12.3. The molecule has 1 amide bonds. The third kappa shape index (κ3) is 6.92. The molecule has 17 heavy (non-hydrogen) atoms. The molecule has 0 spiro atoms. The van der Waals surface area contributed by atoms with Crippen molar-refractivity contribution in [2.75, 3.05) is 13.2 Å². The molecule has 0 bridgehead atoms. The van der Waals surface area contributed by atoms with Gasteiger partial charge in [-0.05, 0) is 12.8 Å². The summed E-state index contributed by atoms with van der Waals surface area (Å²) in [7, 11) is 0. The van der Waals surface area contributed by atoms with E-state index < -0.39 is 0 Å². The van der Waals surface area contributed by atoms with E-state index in [-0.39, 0.29) is 12.0 Å². The van der Waals surface area contributed by atoms with E-state index in [1.165, 1.54) is 25.3 Å². The van der Waals surface area contributed by atoms with E-state index in [1.807, 2.05) is 6.08 Å². The van der Waals surface area contributed by atoms with Crippen LogP contribution in [0.4, 0.5) is 0 Å². The minimum absolute atomic E-state index is 0.0111. The molecule has 4 heteroatoms. The first-order valence-corrected chi connectivity index (χ1v) is 6.22. The third-order valence-electron chi connectivity index (χ3n) is 2.43. The fraction of sp³-hybridized carbons (Fsp3) is 0.615. The second kappa shape index (κ2) is 8.96. The second-order valence-electron chi connectivity index (χ2n) is 4.03. The molecule has 1 rings (SSSR count). The van der Waals surface area contributed by atoms with Crippen LogP contribution in [-0.4, -0.2) is 25.2 Å². The molecule has 1 unspecified atom stereocenters. The summed E-state index contributed by atoms with van der Waals surface area (Å²) < 4.78 is 0. The fourth-order valence-electron chi connectivity index (χ4n) is 1.36. The summed E-state index contributed by atoms with van der Waals surface area (Å²) in [5.41, 5.74) is 0. The quantitative estimate of drug-likeness (QED) is 0.305. The van der Waals surface area contributed by atoms with Crippen molar-refractivity contribution in [1.29, 1.82) is 0 Å². The van der Waals surface area contributed by atoms with Gasteiger partial charge in [-0.25, -0.2) is 9.78 Å². The van der Waals surface area contributed by atoms with Crippen molar-refractivity contribution in [2.45, 2.75) is 38.7 Å². The van der Waals surface area contributed by atoms with Gasteiger partial charge < -0.3 is 5.32 Å². The molecule has 1 fully saturated rings. The highest BCUT2D eigenvalue weighted by Gasteiger charge is 2.20. The number of amides is 1. The van der Waals surface area contributed by atoms with E-state index in [9.17, 15) is 4.79 Å². The highest BCUT2D eigenvalue weighted by molar-refractivity contribution is 5.87. The fourth-order valence-corrected chi connectivity index (χ4v) is 1.36. The van der Waals surface area contributed by atoms with Gasteiger partial charge >= 0.3 is 0 Å². The van der Waals surface area contributed by atoms with Crippen LogP contribution in [0.3, 0.4) is 0 Å². The molecule has 1 atom stereocenters. The Balaban J connectivity index is 1.99. The van der Waals surface area contributed by atoms with Crippen LogP contribution in [0.25, 0.3) is 0 Å². The van der Waals surface area contributed by atoms with Gasteiger partial charge in [0.2, 0.25) is 5.91 Å².